The SMILES string of the molecule is C=C/C=C\C(=C/C)N(c1ccccc1)c1ccc(N(C)c2cccc3ccccc23)cc1. The van der Waals surface area contributed by atoms with Crippen molar-refractivity contribution in [2.45, 2.75) is 6.92 Å². The first-order chi connectivity index (χ1) is 15.7. The van der Waals surface area contributed by atoms with Crippen molar-refractivity contribution in [3.8, 4) is 0 Å². The van der Waals surface area contributed by atoms with Crippen LogP contribution in [0.4, 0.5) is 22.7 Å². The maximum atomic E-state index is 3.82. The number of hydrogen-bond acceptors (Lipinski definition) is 2. The van der Waals surface area contributed by atoms with E-state index in [1.807, 2.05) is 12.1 Å². The van der Waals surface area contributed by atoms with Gasteiger partial charge in [0.05, 0.1) is 0 Å². The topological polar surface area (TPSA) is 6.48 Å². The average Bonchev–Trinajstić information content (AvgIpc) is 2.86. The molecule has 0 N–H and O–H groups in total. The van der Waals surface area contributed by atoms with Gasteiger partial charge in [0.15, 0.2) is 0 Å². The number of anilines is 4. The van der Waals surface area contributed by atoms with Crippen LogP contribution in [0.25, 0.3) is 10.8 Å². The molecule has 0 heterocycles. The fourth-order valence-electron chi connectivity index (χ4n) is 3.96. The smallest absolute Gasteiger partial charge is 0.0487 e. The fourth-order valence-corrected chi connectivity index (χ4v) is 3.96. The number of rotatable bonds is 7. The van der Waals surface area contributed by atoms with Gasteiger partial charge in [-0.15, -0.1) is 0 Å². The summed E-state index contributed by atoms with van der Waals surface area (Å²) in [6.07, 6.45) is 7.96. The summed E-state index contributed by atoms with van der Waals surface area (Å²) in [5.74, 6) is 0. The van der Waals surface area contributed by atoms with Gasteiger partial charge >= 0.3 is 0 Å². The summed E-state index contributed by atoms with van der Waals surface area (Å²) in [5, 5.41) is 2.49. The molecule has 0 aliphatic carbocycles. The molecule has 0 bridgehead atoms. The Hall–Kier alpha value is -4.04. The van der Waals surface area contributed by atoms with Crippen LogP contribution in [0, 0.1) is 0 Å². The molecule has 0 aliphatic heterocycles. The van der Waals surface area contributed by atoms with Crippen molar-refractivity contribution in [2.75, 3.05) is 16.8 Å². The van der Waals surface area contributed by atoms with Crippen molar-refractivity contribution < 1.29 is 0 Å². The van der Waals surface area contributed by atoms with Crippen LogP contribution in [-0.2, 0) is 0 Å². The largest absolute Gasteiger partial charge is 0.344 e. The molecule has 0 saturated carbocycles. The molecule has 0 aliphatic rings. The molecule has 0 spiro atoms. The Labute approximate surface area is 191 Å². The van der Waals surface area contributed by atoms with E-state index in [0.29, 0.717) is 0 Å². The van der Waals surface area contributed by atoms with Crippen molar-refractivity contribution in [3.63, 3.8) is 0 Å². The zero-order valence-electron chi connectivity index (χ0n) is 18.6. The molecule has 4 aromatic rings. The highest BCUT2D eigenvalue weighted by Crippen LogP contribution is 2.35. The Balaban J connectivity index is 1.71. The monoisotopic (exact) mass is 416 g/mol. The third-order valence-corrected chi connectivity index (χ3v) is 5.59. The van der Waals surface area contributed by atoms with Gasteiger partial charge in [-0.1, -0.05) is 79.4 Å². The zero-order valence-corrected chi connectivity index (χ0v) is 18.6. The summed E-state index contributed by atoms with van der Waals surface area (Å²) in [6.45, 7) is 5.87. The van der Waals surface area contributed by atoms with Crippen molar-refractivity contribution >= 4 is 33.5 Å². The summed E-state index contributed by atoms with van der Waals surface area (Å²) >= 11 is 0. The van der Waals surface area contributed by atoms with Gasteiger partial charge in [0.1, 0.15) is 0 Å². The maximum absolute atomic E-state index is 3.82. The Kier molecular flexibility index (Phi) is 6.52. The Morgan fingerprint density at radius 1 is 0.719 bits per heavy atom. The van der Waals surface area contributed by atoms with E-state index >= 15 is 0 Å². The molecule has 2 heteroatoms. The first-order valence-corrected chi connectivity index (χ1v) is 10.8. The number of para-hydroxylation sites is 1. The molecule has 0 aromatic heterocycles. The predicted octanol–water partition coefficient (Wildman–Crippen LogP) is 8.39. The molecule has 4 rings (SSSR count). The van der Waals surface area contributed by atoms with E-state index in [0.717, 1.165) is 22.8 Å². The standard InChI is InChI=1S/C30H28N2/c1-4-6-15-25(5-2)32(27-16-8-7-9-17-27)28-22-20-26(21-23-28)31(3)30-19-12-14-24-13-10-11-18-29(24)30/h4-23H,1H2,2-3H3/b15-6-,25-5+. The fraction of sp³-hybridized carbons (Fsp3) is 0.0667. The van der Waals surface area contributed by atoms with Gasteiger partial charge in [0.2, 0.25) is 0 Å². The number of fused-ring (bicyclic) bond motifs is 1. The van der Waals surface area contributed by atoms with Gasteiger partial charge in [-0.2, -0.15) is 0 Å². The lowest BCUT2D eigenvalue weighted by atomic mass is 10.1. The first-order valence-electron chi connectivity index (χ1n) is 10.8. The summed E-state index contributed by atoms with van der Waals surface area (Å²) in [6, 6.07) is 34.1. The van der Waals surface area contributed by atoms with Gasteiger partial charge in [-0.05, 0) is 60.9 Å². The number of benzene rings is 4. The van der Waals surface area contributed by atoms with Gasteiger partial charge in [-0.3, -0.25) is 0 Å². The highest BCUT2D eigenvalue weighted by Gasteiger charge is 2.14. The quantitative estimate of drug-likeness (QED) is 0.279. The van der Waals surface area contributed by atoms with E-state index in [-0.39, 0.29) is 0 Å². The molecule has 2 nitrogen and oxygen atoms in total. The minimum atomic E-state index is 1.09. The predicted molar refractivity (Wildman–Crippen MR) is 140 cm³/mol. The molecule has 0 atom stereocenters. The third-order valence-electron chi connectivity index (χ3n) is 5.59. The summed E-state index contributed by atoms with van der Waals surface area (Å²) in [7, 11) is 2.12. The van der Waals surface area contributed by atoms with Crippen LogP contribution in [0.5, 0.6) is 0 Å². The molecule has 0 amide bonds. The van der Waals surface area contributed by atoms with Crippen LogP contribution in [0.3, 0.4) is 0 Å². The Morgan fingerprint density at radius 2 is 1.34 bits per heavy atom. The minimum absolute atomic E-state index is 1.09. The number of nitrogens with zero attached hydrogens (tertiary/aromatic N) is 2. The second-order valence-electron chi connectivity index (χ2n) is 7.55. The zero-order chi connectivity index (χ0) is 22.3. The van der Waals surface area contributed by atoms with Gasteiger partial charge < -0.3 is 9.80 Å². The third kappa shape index (κ3) is 4.35. The lowest BCUT2D eigenvalue weighted by Crippen LogP contribution is -2.15. The summed E-state index contributed by atoms with van der Waals surface area (Å²) in [4.78, 5) is 4.49. The van der Waals surface area contributed by atoms with E-state index in [2.05, 4.69) is 133 Å². The van der Waals surface area contributed by atoms with Crippen LogP contribution in [-0.4, -0.2) is 7.05 Å². The molecule has 0 saturated heterocycles. The minimum Gasteiger partial charge on any atom is -0.344 e. The van der Waals surface area contributed by atoms with Crippen LogP contribution < -0.4 is 9.80 Å². The number of hydrogen-bond donors (Lipinski definition) is 0. The maximum Gasteiger partial charge on any atom is 0.0487 e. The summed E-state index contributed by atoms with van der Waals surface area (Å²) < 4.78 is 0. The molecule has 158 valence electrons. The van der Waals surface area contributed by atoms with E-state index in [9.17, 15) is 0 Å². The molecular weight excluding hydrogens is 388 g/mol. The van der Waals surface area contributed by atoms with Crippen LogP contribution in [0.15, 0.2) is 134 Å². The van der Waals surface area contributed by atoms with E-state index in [1.165, 1.54) is 16.5 Å². The van der Waals surface area contributed by atoms with Crippen LogP contribution in [0.2, 0.25) is 0 Å². The highest BCUT2D eigenvalue weighted by molar-refractivity contribution is 5.96. The second-order valence-corrected chi connectivity index (χ2v) is 7.55. The molecule has 0 radical (unpaired) electrons. The Bertz CT molecular complexity index is 1250. The van der Waals surface area contributed by atoms with E-state index < -0.39 is 0 Å². The molecule has 0 fully saturated rings. The van der Waals surface area contributed by atoms with E-state index in [1.54, 1.807) is 6.08 Å². The van der Waals surface area contributed by atoms with Crippen LogP contribution >= 0.6 is 0 Å². The molecule has 32 heavy (non-hydrogen) atoms. The first kappa shape index (κ1) is 21.2. The molecule has 4 aromatic carbocycles. The van der Waals surface area contributed by atoms with Crippen molar-refractivity contribution in [2.24, 2.45) is 0 Å². The summed E-state index contributed by atoms with van der Waals surface area (Å²) in [5.41, 5.74) is 5.64. The average molecular weight is 417 g/mol. The normalized spacial score (nSPS) is 11.6. The lowest BCUT2D eigenvalue weighted by Gasteiger charge is -2.27. The second kappa shape index (κ2) is 9.84. The van der Waals surface area contributed by atoms with Crippen LogP contribution in [0.1, 0.15) is 6.92 Å². The van der Waals surface area contributed by atoms with Gasteiger partial charge in [0.25, 0.3) is 0 Å². The van der Waals surface area contributed by atoms with Crippen molar-refractivity contribution in [3.05, 3.63) is 134 Å². The molecule has 0 unspecified atom stereocenters. The lowest BCUT2D eigenvalue weighted by molar-refractivity contribution is 1.18. The molecular formula is C30H28N2. The Morgan fingerprint density at radius 3 is 2.06 bits per heavy atom. The van der Waals surface area contributed by atoms with Crippen molar-refractivity contribution in [1.82, 2.24) is 0 Å². The van der Waals surface area contributed by atoms with Gasteiger partial charge in [0, 0.05) is 40.9 Å². The number of allylic oxidation sites excluding steroid dienone is 4. The van der Waals surface area contributed by atoms with Crippen molar-refractivity contribution in [1.29, 1.82) is 0 Å². The van der Waals surface area contributed by atoms with E-state index in [4.69, 9.17) is 0 Å². The highest BCUT2D eigenvalue weighted by atomic mass is 15.1. The van der Waals surface area contributed by atoms with Gasteiger partial charge in [-0.25, -0.2) is 0 Å².